The van der Waals surface area contributed by atoms with Crippen LogP contribution in [0.2, 0.25) is 0 Å². The molecule has 5 heteroatoms. The molecule has 0 aliphatic carbocycles. The molecule has 0 fully saturated rings. The number of para-hydroxylation sites is 2. The van der Waals surface area contributed by atoms with Gasteiger partial charge in [-0.25, -0.2) is 4.79 Å². The minimum atomic E-state index is -1.02. The van der Waals surface area contributed by atoms with Gasteiger partial charge in [0.25, 0.3) is 0 Å². The molecule has 5 nitrogen and oxygen atoms in total. The van der Waals surface area contributed by atoms with E-state index in [1.54, 1.807) is 18.2 Å². The summed E-state index contributed by atoms with van der Waals surface area (Å²) in [5.74, 6) is 0.773. The summed E-state index contributed by atoms with van der Waals surface area (Å²) < 4.78 is 16.5. The Morgan fingerprint density at radius 3 is 2.48 bits per heavy atom. The second-order valence-corrected chi connectivity index (χ2v) is 4.56. The topological polar surface area (TPSA) is 65.0 Å². The van der Waals surface area contributed by atoms with Crippen molar-refractivity contribution in [1.82, 2.24) is 0 Å². The first-order valence-corrected chi connectivity index (χ1v) is 7.09. The van der Waals surface area contributed by atoms with E-state index in [1.807, 2.05) is 30.3 Å². The lowest BCUT2D eigenvalue weighted by atomic mass is 10.1. The van der Waals surface area contributed by atoms with Gasteiger partial charge in [0.1, 0.15) is 19.0 Å². The van der Waals surface area contributed by atoms with Crippen LogP contribution in [-0.4, -0.2) is 31.4 Å². The molecule has 0 aromatic heterocycles. The number of benzene rings is 2. The average Bonchev–Trinajstić information content (AvgIpc) is 2.58. The molecule has 0 atom stereocenters. The highest BCUT2D eigenvalue weighted by molar-refractivity contribution is 5.86. The fraction of sp³-hybridized carbons (Fsp3) is 0.167. The largest absolute Gasteiger partial charge is 0.493 e. The van der Waals surface area contributed by atoms with E-state index in [2.05, 4.69) is 0 Å². The molecule has 0 amide bonds. The van der Waals surface area contributed by atoms with Crippen molar-refractivity contribution >= 4 is 12.0 Å². The van der Waals surface area contributed by atoms with Crippen LogP contribution in [0.5, 0.6) is 17.2 Å². The standard InChI is InChI=1S/C18H18O5/c1-21-16-9-5-6-14(10-11-17(19)20)18(16)23-13-12-22-15-7-3-2-4-8-15/h2-11H,12-13H2,1H3,(H,19,20). The van der Waals surface area contributed by atoms with Crippen molar-refractivity contribution in [3.8, 4) is 17.2 Å². The van der Waals surface area contributed by atoms with Gasteiger partial charge in [-0.1, -0.05) is 30.3 Å². The predicted octanol–water partition coefficient (Wildman–Crippen LogP) is 3.25. The monoisotopic (exact) mass is 314 g/mol. The van der Waals surface area contributed by atoms with E-state index in [4.69, 9.17) is 19.3 Å². The zero-order valence-corrected chi connectivity index (χ0v) is 12.8. The Morgan fingerprint density at radius 2 is 1.78 bits per heavy atom. The van der Waals surface area contributed by atoms with Crippen molar-refractivity contribution in [2.24, 2.45) is 0 Å². The fourth-order valence-corrected chi connectivity index (χ4v) is 1.96. The number of carboxylic acid groups (broad SMARTS) is 1. The van der Waals surface area contributed by atoms with Crippen LogP contribution >= 0.6 is 0 Å². The van der Waals surface area contributed by atoms with E-state index in [1.165, 1.54) is 13.2 Å². The minimum Gasteiger partial charge on any atom is -0.493 e. The van der Waals surface area contributed by atoms with Crippen molar-refractivity contribution < 1.29 is 24.1 Å². The van der Waals surface area contributed by atoms with Gasteiger partial charge in [0.05, 0.1) is 7.11 Å². The van der Waals surface area contributed by atoms with Gasteiger partial charge in [-0.15, -0.1) is 0 Å². The number of rotatable bonds is 8. The third kappa shape index (κ3) is 5.07. The summed E-state index contributed by atoms with van der Waals surface area (Å²) in [6.45, 7) is 0.674. The van der Waals surface area contributed by atoms with Crippen LogP contribution < -0.4 is 14.2 Å². The molecule has 2 rings (SSSR count). The van der Waals surface area contributed by atoms with Crippen molar-refractivity contribution in [2.45, 2.75) is 0 Å². The third-order valence-corrected chi connectivity index (χ3v) is 2.98. The highest BCUT2D eigenvalue weighted by atomic mass is 16.5. The quantitative estimate of drug-likeness (QED) is 0.598. The summed E-state index contributed by atoms with van der Waals surface area (Å²) in [6.07, 6.45) is 2.53. The molecule has 0 unspecified atom stereocenters. The summed E-state index contributed by atoms with van der Waals surface area (Å²) in [6, 6.07) is 14.7. The summed E-state index contributed by atoms with van der Waals surface area (Å²) in [7, 11) is 1.54. The first-order chi connectivity index (χ1) is 11.2. The summed E-state index contributed by atoms with van der Waals surface area (Å²) in [5, 5.41) is 8.75. The Kier molecular flexibility index (Phi) is 6.06. The van der Waals surface area contributed by atoms with Gasteiger partial charge in [-0.3, -0.25) is 0 Å². The van der Waals surface area contributed by atoms with Crippen LogP contribution in [0.3, 0.4) is 0 Å². The van der Waals surface area contributed by atoms with E-state index in [-0.39, 0.29) is 0 Å². The predicted molar refractivity (Wildman–Crippen MR) is 87.1 cm³/mol. The molecule has 0 aliphatic heterocycles. The zero-order chi connectivity index (χ0) is 16.5. The molecule has 120 valence electrons. The van der Waals surface area contributed by atoms with Crippen molar-refractivity contribution in [3.05, 3.63) is 60.2 Å². The van der Waals surface area contributed by atoms with Gasteiger partial charge in [-0.2, -0.15) is 0 Å². The van der Waals surface area contributed by atoms with Gasteiger partial charge in [0, 0.05) is 11.6 Å². The molecule has 0 heterocycles. The van der Waals surface area contributed by atoms with Gasteiger partial charge >= 0.3 is 5.97 Å². The molecule has 2 aromatic rings. The van der Waals surface area contributed by atoms with Crippen molar-refractivity contribution in [1.29, 1.82) is 0 Å². The van der Waals surface area contributed by atoms with Gasteiger partial charge < -0.3 is 19.3 Å². The number of ether oxygens (including phenoxy) is 3. The van der Waals surface area contributed by atoms with E-state index in [0.29, 0.717) is 30.3 Å². The van der Waals surface area contributed by atoms with Crippen LogP contribution in [0.1, 0.15) is 5.56 Å². The van der Waals surface area contributed by atoms with Crippen molar-refractivity contribution in [3.63, 3.8) is 0 Å². The van der Waals surface area contributed by atoms with E-state index < -0.39 is 5.97 Å². The molecule has 0 saturated heterocycles. The molecular weight excluding hydrogens is 296 g/mol. The van der Waals surface area contributed by atoms with Crippen LogP contribution in [0.25, 0.3) is 6.08 Å². The van der Waals surface area contributed by atoms with E-state index in [0.717, 1.165) is 11.8 Å². The van der Waals surface area contributed by atoms with E-state index in [9.17, 15) is 4.79 Å². The molecule has 2 aromatic carbocycles. The van der Waals surface area contributed by atoms with Gasteiger partial charge in [-0.05, 0) is 24.3 Å². The normalized spacial score (nSPS) is 10.5. The Morgan fingerprint density at radius 1 is 1.04 bits per heavy atom. The lowest BCUT2D eigenvalue weighted by Crippen LogP contribution is -2.10. The molecule has 0 aliphatic rings. The number of carbonyl (C=O) groups is 1. The number of carboxylic acids is 1. The highest BCUT2D eigenvalue weighted by Gasteiger charge is 2.09. The summed E-state index contributed by atoms with van der Waals surface area (Å²) >= 11 is 0. The number of aliphatic carboxylic acids is 1. The number of hydrogen-bond acceptors (Lipinski definition) is 4. The SMILES string of the molecule is COc1cccc(C=CC(=O)O)c1OCCOc1ccccc1. The Labute approximate surface area is 134 Å². The molecule has 0 spiro atoms. The number of methoxy groups -OCH3 is 1. The van der Waals surface area contributed by atoms with Gasteiger partial charge in [0.15, 0.2) is 11.5 Å². The fourth-order valence-electron chi connectivity index (χ4n) is 1.96. The second-order valence-electron chi connectivity index (χ2n) is 4.56. The summed E-state index contributed by atoms with van der Waals surface area (Å²) in [5.41, 5.74) is 0.631. The first kappa shape index (κ1) is 16.4. The second kappa shape index (κ2) is 8.48. The lowest BCUT2D eigenvalue weighted by Gasteiger charge is -2.13. The Balaban J connectivity index is 2.01. The van der Waals surface area contributed by atoms with Crippen LogP contribution in [0, 0.1) is 0 Å². The van der Waals surface area contributed by atoms with Crippen LogP contribution in [0.15, 0.2) is 54.6 Å². The average molecular weight is 314 g/mol. The maximum absolute atomic E-state index is 10.7. The van der Waals surface area contributed by atoms with Crippen LogP contribution in [0.4, 0.5) is 0 Å². The smallest absolute Gasteiger partial charge is 0.328 e. The Bertz CT molecular complexity index is 664. The third-order valence-electron chi connectivity index (χ3n) is 2.98. The van der Waals surface area contributed by atoms with Gasteiger partial charge in [0.2, 0.25) is 0 Å². The minimum absolute atomic E-state index is 0.309. The molecule has 0 radical (unpaired) electrons. The molecule has 0 saturated carbocycles. The zero-order valence-electron chi connectivity index (χ0n) is 12.8. The highest BCUT2D eigenvalue weighted by Crippen LogP contribution is 2.32. The number of hydrogen-bond donors (Lipinski definition) is 1. The molecule has 0 bridgehead atoms. The first-order valence-electron chi connectivity index (χ1n) is 7.09. The molecular formula is C18H18O5. The molecule has 23 heavy (non-hydrogen) atoms. The van der Waals surface area contributed by atoms with E-state index >= 15 is 0 Å². The molecule has 1 N–H and O–H groups in total. The van der Waals surface area contributed by atoms with Crippen LogP contribution in [-0.2, 0) is 4.79 Å². The van der Waals surface area contributed by atoms with Crippen molar-refractivity contribution in [2.75, 3.05) is 20.3 Å². The summed E-state index contributed by atoms with van der Waals surface area (Å²) in [4.78, 5) is 10.7. The Hall–Kier alpha value is -2.95. The maximum atomic E-state index is 10.7. The maximum Gasteiger partial charge on any atom is 0.328 e. The lowest BCUT2D eigenvalue weighted by molar-refractivity contribution is -0.131.